The number of fused-ring (bicyclic) bond motifs is 6. The molecule has 4 aliphatic rings. The number of aliphatic hydroxyl groups is 4. The van der Waals surface area contributed by atoms with Gasteiger partial charge in [-0.05, 0) is 343 Å². The van der Waals surface area contributed by atoms with Crippen LogP contribution in [0.15, 0.2) is 103 Å². The van der Waals surface area contributed by atoms with Gasteiger partial charge >= 0.3 is 6.18 Å². The maximum atomic E-state index is 14.4. The van der Waals surface area contributed by atoms with Crippen molar-refractivity contribution in [3.8, 4) is 5.69 Å². The van der Waals surface area contributed by atoms with Crippen molar-refractivity contribution >= 4 is 154 Å². The summed E-state index contributed by atoms with van der Waals surface area (Å²) in [7, 11) is 0. The van der Waals surface area contributed by atoms with Gasteiger partial charge in [0.2, 0.25) is 71.1 Å². The summed E-state index contributed by atoms with van der Waals surface area (Å²) in [5.74, 6) is -1.26. The number of alkyl halides is 4. The zero-order valence-corrected chi connectivity index (χ0v) is 90.0. The third kappa shape index (κ3) is 28.0. The van der Waals surface area contributed by atoms with Gasteiger partial charge in [0.25, 0.3) is 0 Å². The Kier molecular flexibility index (Phi) is 33.6. The van der Waals surface area contributed by atoms with Gasteiger partial charge in [-0.2, -0.15) is 13.2 Å². The lowest BCUT2D eigenvalue weighted by atomic mass is 9.73. The number of aryl methyl sites for hydroxylation is 5. The van der Waals surface area contributed by atoms with E-state index in [2.05, 4.69) is 102 Å². The highest BCUT2D eigenvalue weighted by atomic mass is 19.4. The second-order valence-electron chi connectivity index (χ2n) is 46.7. The van der Waals surface area contributed by atoms with Gasteiger partial charge in [0.05, 0.1) is 111 Å². The first-order chi connectivity index (χ1) is 69.4. The van der Waals surface area contributed by atoms with E-state index in [1.807, 2.05) is 155 Å². The average molecular weight is 2070 g/mol. The van der Waals surface area contributed by atoms with Crippen molar-refractivity contribution in [2.45, 2.75) is 339 Å². The van der Waals surface area contributed by atoms with Crippen LogP contribution in [0.5, 0.6) is 0 Å². The predicted octanol–water partition coefficient (Wildman–Crippen LogP) is 25.4. The molecule has 6 aromatic heterocycles. The van der Waals surface area contributed by atoms with Gasteiger partial charge in [0, 0.05) is 53.7 Å². The van der Waals surface area contributed by atoms with Crippen molar-refractivity contribution in [1.29, 1.82) is 0 Å². The lowest BCUT2D eigenvalue weighted by Crippen LogP contribution is -2.45. The minimum atomic E-state index is -5.00. The molecule has 800 valence electrons. The van der Waals surface area contributed by atoms with Crippen molar-refractivity contribution in [3.63, 3.8) is 0 Å². The molecule has 31 nitrogen and oxygen atoms in total. The number of benzene rings is 7. The van der Waals surface area contributed by atoms with Crippen LogP contribution in [-0.4, -0.2) is 142 Å². The van der Waals surface area contributed by atoms with Gasteiger partial charge in [-0.25, -0.2) is 62.0 Å². The van der Waals surface area contributed by atoms with Gasteiger partial charge < -0.3 is 43.3 Å². The monoisotopic (exact) mass is 2070 g/mol. The van der Waals surface area contributed by atoms with Crippen LogP contribution in [0.2, 0.25) is 0 Å². The Bertz CT molecular complexity index is 7300. The SMILES string of the molecule is CC(C)(O)c1ccc2nc(NC(=O)CC(C)(O)C(F)(F)F)n(-c3ccc(F)cc3)c2c1.Cc1cc(F)c2c(c1)nc(NC(=O)CC(C)(C)O)n2C1CCC1.Cc1cc(F)c2c(c1)nc(NC(=O)CC(C)(C)O)n2C1CCC1.[C-]#[N+]c1cc2c(cc1C)nc(NC(=O)C1CC(C)(F)C1)n2C(C)(C)C.[C-]#[N+]c1cc2c(cc1C)nc(NC(=O)CC(C)(C)C)n2C(C)(C)C.[C-]#[N+]c1cc2c(cc1C)nc(NC(=O)CC(C)(C)C)n2C1CCC1. The molecule has 1 unspecified atom stereocenters. The maximum Gasteiger partial charge on any atom is 0.417 e. The van der Waals surface area contributed by atoms with Crippen LogP contribution < -0.4 is 31.9 Å². The molecule has 0 aliphatic heterocycles. The fraction of sp³-hybridized carbons (Fsp3) is 0.491. The highest BCUT2D eigenvalue weighted by Crippen LogP contribution is 2.47. The smallest absolute Gasteiger partial charge is 0.390 e. The number of carbonyl (C=O) groups is 6. The Hall–Kier alpha value is -14.0. The summed E-state index contributed by atoms with van der Waals surface area (Å²) in [4.78, 5) is 111. The van der Waals surface area contributed by atoms with Crippen molar-refractivity contribution in [3.05, 3.63) is 188 Å². The molecule has 4 aliphatic carbocycles. The average Bonchev–Trinajstić information content (AvgIpc) is 1.62. The molecule has 0 radical (unpaired) electrons. The summed E-state index contributed by atoms with van der Waals surface area (Å²) in [6.45, 7) is 67.3. The molecule has 150 heavy (non-hydrogen) atoms. The third-order valence-electron chi connectivity index (χ3n) is 26.1. The Morgan fingerprint density at radius 1 is 0.400 bits per heavy atom. The Labute approximate surface area is 868 Å². The van der Waals surface area contributed by atoms with E-state index < -0.39 is 52.4 Å². The molecule has 10 N–H and O–H groups in total. The number of amides is 6. The summed E-state index contributed by atoms with van der Waals surface area (Å²) in [5, 5.41) is 56.1. The molecular weight excluding hydrogens is 1930 g/mol. The Morgan fingerprint density at radius 2 is 0.740 bits per heavy atom. The van der Waals surface area contributed by atoms with E-state index in [4.69, 9.17) is 19.7 Å². The number of rotatable bonds is 20. The van der Waals surface area contributed by atoms with E-state index in [0.29, 0.717) is 117 Å². The van der Waals surface area contributed by atoms with Crippen molar-refractivity contribution in [1.82, 2.24) is 57.3 Å². The third-order valence-corrected chi connectivity index (χ3v) is 26.1. The molecule has 1 atom stereocenters. The van der Waals surface area contributed by atoms with Crippen LogP contribution in [0.3, 0.4) is 0 Å². The first-order valence-corrected chi connectivity index (χ1v) is 50.2. The molecule has 13 aromatic rings. The number of halogens is 7. The summed E-state index contributed by atoms with van der Waals surface area (Å²) in [6.07, 6.45) is 4.42. The fourth-order valence-corrected chi connectivity index (χ4v) is 18.2. The van der Waals surface area contributed by atoms with E-state index in [-0.39, 0.29) is 113 Å². The van der Waals surface area contributed by atoms with E-state index in [1.54, 1.807) is 68.9 Å². The molecule has 4 fully saturated rings. The minimum absolute atomic E-state index is 0.0134. The predicted molar refractivity (Wildman–Crippen MR) is 571 cm³/mol. The van der Waals surface area contributed by atoms with Gasteiger partial charge in [-0.3, -0.25) is 65.2 Å². The zero-order chi connectivity index (χ0) is 111. The number of nitrogens with zero attached hydrogens (tertiary/aromatic N) is 15. The highest BCUT2D eigenvalue weighted by Gasteiger charge is 2.51. The number of hydrogen-bond donors (Lipinski definition) is 10. The standard InChI is InChI=1S/C21H21F4N3O3.C19H23FN4O.C19H24N4O.C19H26N4O.2C17H22FN3O2/c1-19(2,30)12-4-9-15-16(10-12)28(14-7-5-13(22)6-8-14)18(26-15)27-17(29)11-20(3,31)21(23,24)25;1-11-7-14-15(8-13(11)21-6)24(18(2,3)4)17(22-14)23-16(25)12-9-19(5,20)10-12;1-12-9-15-16(10-14(12)20-5)23(13-7-6-8-13)18(21-15)22-17(24)11-19(2,3)4;1-12-9-14-15(10-13(12)20-8)23(19(5,6)7)17(21-14)22-16(24)11-18(2,3)4;2*1-10-7-12(18)15-13(8-10)19-16(21(15)11-5-4-6-11)20-14(22)9-17(2,3)23/h4-10,30-31H,11H2,1-3H3,(H,26,27,29);7-8,12H,9-10H2,1-5H3,(H,22,23,25);9-10,13H,6-8,11H2,1-4H3,(H,21,22,24);9-10H,11H2,1-7H3,(H,21,22,24);2*7-8,11,23H,4-6,9H2,1-3H3,(H,19,20,22). The first-order valence-electron chi connectivity index (χ1n) is 50.2. The van der Waals surface area contributed by atoms with Crippen molar-refractivity contribution < 1.29 is 79.9 Å². The van der Waals surface area contributed by atoms with Crippen LogP contribution in [0.1, 0.15) is 293 Å². The number of hydrogen-bond acceptors (Lipinski definition) is 16. The first kappa shape index (κ1) is 115. The number of anilines is 6. The number of aromatic nitrogens is 12. The molecule has 7 aromatic carbocycles. The summed E-state index contributed by atoms with van der Waals surface area (Å²) in [5.41, 5.74) is 6.19. The van der Waals surface area contributed by atoms with Crippen LogP contribution in [0.25, 0.3) is 86.4 Å². The second kappa shape index (κ2) is 43.9. The van der Waals surface area contributed by atoms with E-state index in [9.17, 15) is 79.9 Å². The molecule has 38 heteroatoms. The Balaban J connectivity index is 0.000000160. The van der Waals surface area contributed by atoms with Crippen LogP contribution in [0.4, 0.5) is 83.5 Å². The van der Waals surface area contributed by atoms with Gasteiger partial charge in [0.15, 0.2) is 22.7 Å². The van der Waals surface area contributed by atoms with Crippen molar-refractivity contribution in [2.75, 3.05) is 31.9 Å². The number of imidazole rings is 6. The molecule has 6 heterocycles. The molecule has 6 amide bonds. The molecule has 4 saturated carbocycles. The largest absolute Gasteiger partial charge is 0.417 e. The van der Waals surface area contributed by atoms with E-state index in [1.165, 1.54) is 54.3 Å². The van der Waals surface area contributed by atoms with Gasteiger partial charge in [-0.15, -0.1) is 0 Å². The van der Waals surface area contributed by atoms with E-state index in [0.717, 1.165) is 112 Å². The number of nitrogens with one attached hydrogen (secondary N) is 6. The quantitative estimate of drug-likeness (QED) is 0.0250. The lowest BCUT2D eigenvalue weighted by Gasteiger charge is -2.37. The zero-order valence-electron chi connectivity index (χ0n) is 90.0. The normalized spacial score (nSPS) is 16.0. The molecular formula is C112H138F7N21O10. The molecule has 0 bridgehead atoms. The maximum absolute atomic E-state index is 14.4. The van der Waals surface area contributed by atoms with Crippen LogP contribution in [-0.2, 0) is 45.4 Å². The summed E-state index contributed by atoms with van der Waals surface area (Å²) < 4.78 is 106. The highest BCUT2D eigenvalue weighted by molar-refractivity contribution is 5.99. The minimum Gasteiger partial charge on any atom is -0.390 e. The van der Waals surface area contributed by atoms with Crippen molar-refractivity contribution in [2.24, 2.45) is 16.7 Å². The molecule has 0 spiro atoms. The lowest BCUT2D eigenvalue weighted by molar-refractivity contribution is -0.253. The summed E-state index contributed by atoms with van der Waals surface area (Å²) in [6, 6.07) is 28.6. The number of carbonyl (C=O) groups excluding carboxylic acids is 6. The Morgan fingerprint density at radius 3 is 1.10 bits per heavy atom. The van der Waals surface area contributed by atoms with Gasteiger partial charge in [-0.1, -0.05) is 47.6 Å². The topological polar surface area (TPSA) is 376 Å². The second-order valence-corrected chi connectivity index (χ2v) is 46.7. The van der Waals surface area contributed by atoms with Crippen LogP contribution >= 0.6 is 0 Å². The molecule has 17 rings (SSSR count). The fourth-order valence-electron chi connectivity index (χ4n) is 18.2. The molecule has 0 saturated heterocycles. The summed E-state index contributed by atoms with van der Waals surface area (Å²) >= 11 is 0. The van der Waals surface area contributed by atoms with Gasteiger partial charge in [0.1, 0.15) is 34.2 Å². The van der Waals surface area contributed by atoms with Crippen LogP contribution in [0, 0.1) is 88.5 Å². The van der Waals surface area contributed by atoms with E-state index >= 15 is 0 Å².